The van der Waals surface area contributed by atoms with Crippen molar-refractivity contribution in [1.82, 2.24) is 5.43 Å². The summed E-state index contributed by atoms with van der Waals surface area (Å²) in [6.45, 7) is 4.54. The zero-order chi connectivity index (χ0) is 19.1. The molecular formula is C23H22N2O2. The number of hydrogen-bond acceptors (Lipinski definition) is 3. The second kappa shape index (κ2) is 8.81. The van der Waals surface area contributed by atoms with Gasteiger partial charge in [-0.1, -0.05) is 47.5 Å². The Bertz CT molecular complexity index is 929. The number of rotatable bonds is 6. The summed E-state index contributed by atoms with van der Waals surface area (Å²) < 4.78 is 5.78. The van der Waals surface area contributed by atoms with Crippen LogP contribution in [0.25, 0.3) is 0 Å². The van der Waals surface area contributed by atoms with Crippen molar-refractivity contribution in [2.45, 2.75) is 20.5 Å². The molecule has 0 aliphatic heterocycles. The zero-order valence-electron chi connectivity index (χ0n) is 15.5. The Balaban J connectivity index is 1.51. The molecule has 3 rings (SSSR count). The second-order valence-electron chi connectivity index (χ2n) is 6.41. The summed E-state index contributed by atoms with van der Waals surface area (Å²) in [6, 6.07) is 23.2. The fourth-order valence-electron chi connectivity index (χ4n) is 2.52. The molecule has 0 aliphatic rings. The standard InChI is InChI=1S/C23H22N2O2/c1-17-6-8-20(9-7-17)16-27-22-12-10-19(11-13-22)15-24-25-23(26)21-5-3-4-18(2)14-21/h3-15H,16H2,1-2H3,(H,25,26). The molecule has 0 saturated carbocycles. The first kappa shape index (κ1) is 18.4. The summed E-state index contributed by atoms with van der Waals surface area (Å²) in [7, 11) is 0. The van der Waals surface area contributed by atoms with Crippen LogP contribution >= 0.6 is 0 Å². The number of nitrogens with one attached hydrogen (secondary N) is 1. The first-order valence-electron chi connectivity index (χ1n) is 8.79. The maximum absolute atomic E-state index is 12.0. The molecule has 0 saturated heterocycles. The van der Waals surface area contributed by atoms with Gasteiger partial charge in [0, 0.05) is 5.56 Å². The molecule has 3 aromatic carbocycles. The van der Waals surface area contributed by atoms with Gasteiger partial charge in [0.05, 0.1) is 6.21 Å². The SMILES string of the molecule is Cc1ccc(COc2ccc(C=NNC(=O)c3cccc(C)c3)cc2)cc1. The van der Waals surface area contributed by atoms with E-state index in [-0.39, 0.29) is 5.91 Å². The fourth-order valence-corrected chi connectivity index (χ4v) is 2.52. The number of hydrogen-bond donors (Lipinski definition) is 1. The Hall–Kier alpha value is -3.40. The summed E-state index contributed by atoms with van der Waals surface area (Å²) in [4.78, 5) is 12.0. The zero-order valence-corrected chi connectivity index (χ0v) is 15.5. The molecule has 27 heavy (non-hydrogen) atoms. The van der Waals surface area contributed by atoms with Gasteiger partial charge in [0.25, 0.3) is 5.91 Å². The normalized spacial score (nSPS) is 10.7. The molecule has 0 spiro atoms. The van der Waals surface area contributed by atoms with Crippen molar-refractivity contribution in [1.29, 1.82) is 0 Å². The van der Waals surface area contributed by atoms with Crippen LogP contribution in [0, 0.1) is 13.8 Å². The highest BCUT2D eigenvalue weighted by atomic mass is 16.5. The van der Waals surface area contributed by atoms with E-state index in [1.807, 2.05) is 49.4 Å². The molecule has 1 amide bonds. The van der Waals surface area contributed by atoms with Crippen molar-refractivity contribution in [3.63, 3.8) is 0 Å². The summed E-state index contributed by atoms with van der Waals surface area (Å²) in [5.74, 6) is 0.560. The van der Waals surface area contributed by atoms with E-state index >= 15 is 0 Å². The summed E-state index contributed by atoms with van der Waals surface area (Å²) in [6.07, 6.45) is 1.61. The van der Waals surface area contributed by atoms with Gasteiger partial charge in [-0.05, 0) is 61.4 Å². The quantitative estimate of drug-likeness (QED) is 0.515. The van der Waals surface area contributed by atoms with E-state index in [1.54, 1.807) is 12.3 Å². The molecule has 136 valence electrons. The number of hydrazone groups is 1. The van der Waals surface area contributed by atoms with Gasteiger partial charge in [0.2, 0.25) is 0 Å². The minimum absolute atomic E-state index is 0.229. The van der Waals surface area contributed by atoms with Gasteiger partial charge < -0.3 is 4.74 Å². The van der Waals surface area contributed by atoms with Crippen molar-refractivity contribution in [2.24, 2.45) is 5.10 Å². The van der Waals surface area contributed by atoms with Crippen LogP contribution < -0.4 is 10.2 Å². The fraction of sp³-hybridized carbons (Fsp3) is 0.130. The van der Waals surface area contributed by atoms with Crippen LogP contribution in [0.5, 0.6) is 5.75 Å². The number of aryl methyl sites for hydroxylation is 2. The Morgan fingerprint density at radius 2 is 1.70 bits per heavy atom. The number of amides is 1. The van der Waals surface area contributed by atoms with E-state index in [1.165, 1.54) is 5.56 Å². The molecule has 0 bridgehead atoms. The third-order valence-corrected chi connectivity index (χ3v) is 4.07. The lowest BCUT2D eigenvalue weighted by atomic mass is 10.1. The Kier molecular flexibility index (Phi) is 6.00. The Morgan fingerprint density at radius 1 is 0.963 bits per heavy atom. The Morgan fingerprint density at radius 3 is 2.41 bits per heavy atom. The summed E-state index contributed by atoms with van der Waals surface area (Å²) in [5, 5.41) is 4.01. The topological polar surface area (TPSA) is 50.7 Å². The number of ether oxygens (including phenoxy) is 1. The van der Waals surface area contributed by atoms with E-state index < -0.39 is 0 Å². The molecule has 4 nitrogen and oxygen atoms in total. The van der Waals surface area contributed by atoms with Gasteiger partial charge >= 0.3 is 0 Å². The highest BCUT2D eigenvalue weighted by Crippen LogP contribution is 2.14. The van der Waals surface area contributed by atoms with Crippen molar-refractivity contribution in [2.75, 3.05) is 0 Å². The van der Waals surface area contributed by atoms with Crippen LogP contribution in [-0.4, -0.2) is 12.1 Å². The molecule has 0 aliphatic carbocycles. The van der Waals surface area contributed by atoms with Crippen LogP contribution in [-0.2, 0) is 6.61 Å². The second-order valence-corrected chi connectivity index (χ2v) is 6.41. The third-order valence-electron chi connectivity index (χ3n) is 4.07. The largest absolute Gasteiger partial charge is 0.489 e. The number of nitrogens with zero attached hydrogens (tertiary/aromatic N) is 1. The molecule has 0 heterocycles. The smallest absolute Gasteiger partial charge is 0.271 e. The van der Waals surface area contributed by atoms with Crippen LogP contribution in [0.15, 0.2) is 77.9 Å². The number of benzene rings is 3. The van der Waals surface area contributed by atoms with E-state index in [0.717, 1.165) is 22.4 Å². The van der Waals surface area contributed by atoms with Gasteiger partial charge in [0.15, 0.2) is 0 Å². The van der Waals surface area contributed by atoms with Crippen molar-refractivity contribution in [3.8, 4) is 5.75 Å². The minimum Gasteiger partial charge on any atom is -0.489 e. The highest BCUT2D eigenvalue weighted by molar-refractivity contribution is 5.95. The van der Waals surface area contributed by atoms with Crippen LogP contribution in [0.3, 0.4) is 0 Å². The third kappa shape index (κ3) is 5.54. The number of carbonyl (C=O) groups is 1. The van der Waals surface area contributed by atoms with Crippen LogP contribution in [0.4, 0.5) is 0 Å². The predicted molar refractivity (Wildman–Crippen MR) is 108 cm³/mol. The monoisotopic (exact) mass is 358 g/mol. The average molecular weight is 358 g/mol. The van der Waals surface area contributed by atoms with E-state index in [4.69, 9.17) is 4.74 Å². The minimum atomic E-state index is -0.229. The van der Waals surface area contributed by atoms with Gasteiger partial charge in [0.1, 0.15) is 12.4 Å². The van der Waals surface area contributed by atoms with E-state index in [2.05, 4.69) is 41.7 Å². The lowest BCUT2D eigenvalue weighted by Gasteiger charge is -2.07. The molecule has 0 fully saturated rings. The average Bonchev–Trinajstić information content (AvgIpc) is 2.68. The molecule has 4 heteroatoms. The molecule has 0 radical (unpaired) electrons. The molecule has 1 N–H and O–H groups in total. The molecule has 0 unspecified atom stereocenters. The van der Waals surface area contributed by atoms with Gasteiger partial charge in [-0.2, -0.15) is 5.10 Å². The lowest BCUT2D eigenvalue weighted by Crippen LogP contribution is -2.17. The summed E-state index contributed by atoms with van der Waals surface area (Å²) >= 11 is 0. The first-order valence-corrected chi connectivity index (χ1v) is 8.79. The van der Waals surface area contributed by atoms with Crippen molar-refractivity contribution < 1.29 is 9.53 Å². The van der Waals surface area contributed by atoms with Crippen molar-refractivity contribution >= 4 is 12.1 Å². The van der Waals surface area contributed by atoms with Crippen LogP contribution in [0.1, 0.15) is 32.6 Å². The summed E-state index contributed by atoms with van der Waals surface area (Å²) in [5.41, 5.74) is 7.40. The van der Waals surface area contributed by atoms with Crippen molar-refractivity contribution in [3.05, 3.63) is 101 Å². The predicted octanol–water partition coefficient (Wildman–Crippen LogP) is 4.65. The van der Waals surface area contributed by atoms with Gasteiger partial charge in [-0.15, -0.1) is 0 Å². The van der Waals surface area contributed by atoms with Crippen LogP contribution in [0.2, 0.25) is 0 Å². The maximum atomic E-state index is 12.0. The molecular weight excluding hydrogens is 336 g/mol. The van der Waals surface area contributed by atoms with E-state index in [0.29, 0.717) is 12.2 Å². The highest BCUT2D eigenvalue weighted by Gasteiger charge is 2.03. The first-order chi connectivity index (χ1) is 13.1. The van der Waals surface area contributed by atoms with Gasteiger partial charge in [-0.25, -0.2) is 5.43 Å². The molecule has 0 atom stereocenters. The number of carbonyl (C=O) groups excluding carboxylic acids is 1. The molecule has 0 aromatic heterocycles. The van der Waals surface area contributed by atoms with E-state index in [9.17, 15) is 4.79 Å². The maximum Gasteiger partial charge on any atom is 0.271 e. The van der Waals surface area contributed by atoms with Gasteiger partial charge in [-0.3, -0.25) is 4.79 Å². The lowest BCUT2D eigenvalue weighted by molar-refractivity contribution is 0.0955. The Labute approximate surface area is 159 Å². The molecule has 3 aromatic rings.